The van der Waals surface area contributed by atoms with E-state index in [9.17, 15) is 4.79 Å². The molecule has 0 saturated carbocycles. The average Bonchev–Trinajstić information content (AvgIpc) is 2.51. The number of aryl methyl sites for hydroxylation is 2. The molecule has 0 unspecified atom stereocenters. The van der Waals surface area contributed by atoms with Gasteiger partial charge in [0.15, 0.2) is 0 Å². The molecule has 0 aliphatic heterocycles. The Morgan fingerprint density at radius 2 is 1.68 bits per heavy atom. The number of fused-ring (bicyclic) bond motifs is 1. The Kier molecular flexibility index (Phi) is 3.99. The van der Waals surface area contributed by atoms with Crippen molar-refractivity contribution in [2.45, 2.75) is 13.8 Å². The number of carbonyl (C=O) groups is 1. The summed E-state index contributed by atoms with van der Waals surface area (Å²) >= 11 is 3.54. The number of anilines is 1. The van der Waals surface area contributed by atoms with Crippen molar-refractivity contribution >= 4 is 38.3 Å². The number of hydrogen-bond donors (Lipinski definition) is 1. The van der Waals surface area contributed by atoms with Crippen molar-refractivity contribution in [3.05, 3.63) is 75.8 Å². The molecule has 0 aliphatic rings. The van der Waals surface area contributed by atoms with Gasteiger partial charge in [-0.15, -0.1) is 0 Å². The van der Waals surface area contributed by atoms with Gasteiger partial charge in [0.05, 0.1) is 0 Å². The second-order valence-corrected chi connectivity index (χ2v) is 6.27. The van der Waals surface area contributed by atoms with Crippen LogP contribution in [0.25, 0.3) is 10.8 Å². The monoisotopic (exact) mass is 353 g/mol. The molecule has 3 aromatic rings. The number of halogens is 1. The number of rotatable bonds is 2. The van der Waals surface area contributed by atoms with Crippen LogP contribution in [0.2, 0.25) is 0 Å². The highest BCUT2D eigenvalue weighted by molar-refractivity contribution is 9.10. The lowest BCUT2D eigenvalue weighted by Crippen LogP contribution is -2.13. The van der Waals surface area contributed by atoms with Crippen molar-refractivity contribution in [2.75, 3.05) is 5.32 Å². The summed E-state index contributed by atoms with van der Waals surface area (Å²) in [5.74, 6) is -0.0857. The van der Waals surface area contributed by atoms with Gasteiger partial charge in [0, 0.05) is 15.7 Å². The molecular weight excluding hydrogens is 338 g/mol. The van der Waals surface area contributed by atoms with Crippen LogP contribution in [0.1, 0.15) is 21.5 Å². The van der Waals surface area contributed by atoms with Crippen molar-refractivity contribution < 1.29 is 4.79 Å². The third-order valence-corrected chi connectivity index (χ3v) is 4.45. The summed E-state index contributed by atoms with van der Waals surface area (Å²) in [5, 5.41) is 5.01. The highest BCUT2D eigenvalue weighted by Gasteiger charge is 2.12. The molecule has 0 heterocycles. The van der Waals surface area contributed by atoms with Gasteiger partial charge in [0.1, 0.15) is 0 Å². The zero-order chi connectivity index (χ0) is 15.7. The lowest BCUT2D eigenvalue weighted by atomic mass is 10.0. The molecule has 110 valence electrons. The quantitative estimate of drug-likeness (QED) is 0.649. The summed E-state index contributed by atoms with van der Waals surface area (Å²) in [6.45, 7) is 4.01. The van der Waals surface area contributed by atoms with E-state index < -0.39 is 0 Å². The highest BCUT2D eigenvalue weighted by Crippen LogP contribution is 2.27. The predicted molar refractivity (Wildman–Crippen MR) is 95.5 cm³/mol. The maximum atomic E-state index is 12.7. The van der Waals surface area contributed by atoms with Crippen LogP contribution in [0.5, 0.6) is 0 Å². The van der Waals surface area contributed by atoms with Gasteiger partial charge in [0.2, 0.25) is 0 Å². The van der Waals surface area contributed by atoms with E-state index in [-0.39, 0.29) is 5.91 Å². The van der Waals surface area contributed by atoms with E-state index in [1.807, 2.05) is 68.4 Å². The minimum Gasteiger partial charge on any atom is -0.322 e. The fourth-order valence-electron chi connectivity index (χ4n) is 2.53. The van der Waals surface area contributed by atoms with Crippen molar-refractivity contribution in [3.8, 4) is 0 Å². The van der Waals surface area contributed by atoms with Gasteiger partial charge < -0.3 is 5.32 Å². The Bertz CT molecular complexity index is 870. The minimum atomic E-state index is -0.0857. The van der Waals surface area contributed by atoms with E-state index in [1.54, 1.807) is 0 Å². The first-order valence-corrected chi connectivity index (χ1v) is 7.91. The van der Waals surface area contributed by atoms with Crippen LogP contribution in [-0.4, -0.2) is 5.91 Å². The summed E-state index contributed by atoms with van der Waals surface area (Å²) in [6, 6.07) is 17.7. The molecule has 0 spiro atoms. The van der Waals surface area contributed by atoms with Crippen molar-refractivity contribution in [2.24, 2.45) is 0 Å². The Morgan fingerprint density at radius 3 is 2.50 bits per heavy atom. The molecule has 3 aromatic carbocycles. The van der Waals surface area contributed by atoms with Crippen LogP contribution in [0.4, 0.5) is 5.69 Å². The van der Waals surface area contributed by atoms with Crippen LogP contribution in [0.3, 0.4) is 0 Å². The first-order valence-electron chi connectivity index (χ1n) is 7.12. The Balaban J connectivity index is 2.03. The maximum absolute atomic E-state index is 12.7. The van der Waals surface area contributed by atoms with Crippen LogP contribution in [0, 0.1) is 13.8 Å². The number of carbonyl (C=O) groups excluding carboxylic acids is 1. The first-order chi connectivity index (χ1) is 10.6. The smallest absolute Gasteiger partial charge is 0.256 e. The summed E-state index contributed by atoms with van der Waals surface area (Å²) < 4.78 is 0.992. The van der Waals surface area contributed by atoms with Gasteiger partial charge in [-0.25, -0.2) is 0 Å². The lowest BCUT2D eigenvalue weighted by molar-refractivity contribution is 0.102. The molecule has 3 rings (SSSR count). The second-order valence-electron chi connectivity index (χ2n) is 5.41. The fourth-order valence-corrected chi connectivity index (χ4v) is 3.03. The fraction of sp³-hybridized carbons (Fsp3) is 0.105. The van der Waals surface area contributed by atoms with Gasteiger partial charge in [-0.1, -0.05) is 52.3 Å². The van der Waals surface area contributed by atoms with Crippen molar-refractivity contribution in [1.29, 1.82) is 0 Å². The number of hydrogen-bond acceptors (Lipinski definition) is 1. The van der Waals surface area contributed by atoms with E-state index in [2.05, 4.69) is 21.2 Å². The third kappa shape index (κ3) is 2.77. The zero-order valence-electron chi connectivity index (χ0n) is 12.5. The van der Waals surface area contributed by atoms with E-state index in [1.165, 1.54) is 0 Å². The lowest BCUT2D eigenvalue weighted by Gasteiger charge is -2.11. The van der Waals surface area contributed by atoms with Gasteiger partial charge in [-0.3, -0.25) is 4.79 Å². The molecular formula is C19H16BrNO. The highest BCUT2D eigenvalue weighted by atomic mass is 79.9. The Labute approximate surface area is 138 Å². The van der Waals surface area contributed by atoms with Gasteiger partial charge in [-0.05, 0) is 53.9 Å². The van der Waals surface area contributed by atoms with Crippen LogP contribution < -0.4 is 5.32 Å². The second kappa shape index (κ2) is 5.93. The van der Waals surface area contributed by atoms with Crippen LogP contribution in [-0.2, 0) is 0 Å². The van der Waals surface area contributed by atoms with E-state index >= 15 is 0 Å². The normalized spacial score (nSPS) is 10.7. The number of nitrogens with one attached hydrogen (secondary N) is 1. The SMILES string of the molecule is Cc1ccc(C)c(NC(=O)c2cccc3c(Br)cccc23)c1. The van der Waals surface area contributed by atoms with E-state index in [0.29, 0.717) is 5.56 Å². The summed E-state index contributed by atoms with van der Waals surface area (Å²) in [4.78, 5) is 12.7. The molecule has 22 heavy (non-hydrogen) atoms. The molecule has 3 heteroatoms. The van der Waals surface area contributed by atoms with E-state index in [0.717, 1.165) is 32.1 Å². The molecule has 0 radical (unpaired) electrons. The molecule has 1 amide bonds. The minimum absolute atomic E-state index is 0.0857. The number of benzene rings is 3. The standard InChI is InChI=1S/C19H16BrNO/c1-12-9-10-13(2)18(11-12)21-19(22)16-7-3-6-15-14(16)5-4-8-17(15)20/h3-11H,1-2H3,(H,21,22). The van der Waals surface area contributed by atoms with Crippen LogP contribution >= 0.6 is 15.9 Å². The predicted octanol–water partition coefficient (Wildman–Crippen LogP) is 5.47. The number of amides is 1. The Hall–Kier alpha value is -2.13. The van der Waals surface area contributed by atoms with Crippen molar-refractivity contribution in [1.82, 2.24) is 0 Å². The molecule has 2 nitrogen and oxygen atoms in total. The third-order valence-electron chi connectivity index (χ3n) is 3.75. The molecule has 1 N–H and O–H groups in total. The van der Waals surface area contributed by atoms with Gasteiger partial charge in [0.25, 0.3) is 5.91 Å². The topological polar surface area (TPSA) is 29.1 Å². The molecule has 0 atom stereocenters. The zero-order valence-corrected chi connectivity index (χ0v) is 14.1. The maximum Gasteiger partial charge on any atom is 0.256 e. The van der Waals surface area contributed by atoms with Gasteiger partial charge >= 0.3 is 0 Å². The Morgan fingerprint density at radius 1 is 0.955 bits per heavy atom. The largest absolute Gasteiger partial charge is 0.322 e. The summed E-state index contributed by atoms with van der Waals surface area (Å²) in [6.07, 6.45) is 0. The van der Waals surface area contributed by atoms with Crippen molar-refractivity contribution in [3.63, 3.8) is 0 Å². The molecule has 0 aromatic heterocycles. The van der Waals surface area contributed by atoms with Gasteiger partial charge in [-0.2, -0.15) is 0 Å². The van der Waals surface area contributed by atoms with Crippen LogP contribution in [0.15, 0.2) is 59.1 Å². The average molecular weight is 354 g/mol. The molecule has 0 fully saturated rings. The molecule has 0 saturated heterocycles. The molecule has 0 aliphatic carbocycles. The summed E-state index contributed by atoms with van der Waals surface area (Å²) in [5.41, 5.74) is 3.72. The summed E-state index contributed by atoms with van der Waals surface area (Å²) in [7, 11) is 0. The van der Waals surface area contributed by atoms with E-state index in [4.69, 9.17) is 0 Å². The molecule has 0 bridgehead atoms. The first kappa shape index (κ1) is 14.8.